The number of amides is 2. The SMILES string of the molecule is CN(C)C(=O)CCCCCCCC=CCCCCCCCC(=O)N(C)C. The molecule has 0 heterocycles. The van der Waals surface area contributed by atoms with Gasteiger partial charge in [0.1, 0.15) is 0 Å². The van der Waals surface area contributed by atoms with E-state index in [-0.39, 0.29) is 11.8 Å². The highest BCUT2D eigenvalue weighted by molar-refractivity contribution is 5.75. The average Bonchev–Trinajstić information content (AvgIpc) is 2.60. The number of carbonyl (C=O) groups is 2. The minimum absolute atomic E-state index is 0.245. The zero-order chi connectivity index (χ0) is 19.6. The Balaban J connectivity index is 3.25. The summed E-state index contributed by atoms with van der Waals surface area (Å²) in [5.74, 6) is 0.491. The highest BCUT2D eigenvalue weighted by Gasteiger charge is 2.03. The van der Waals surface area contributed by atoms with E-state index in [4.69, 9.17) is 0 Å². The Kier molecular flexibility index (Phi) is 16.2. The van der Waals surface area contributed by atoms with Crippen LogP contribution in [0.4, 0.5) is 0 Å². The Labute approximate surface area is 162 Å². The molecule has 4 nitrogen and oxygen atoms in total. The van der Waals surface area contributed by atoms with Gasteiger partial charge in [-0.15, -0.1) is 0 Å². The summed E-state index contributed by atoms with van der Waals surface area (Å²) >= 11 is 0. The van der Waals surface area contributed by atoms with Gasteiger partial charge in [-0.2, -0.15) is 0 Å². The lowest BCUT2D eigenvalue weighted by Crippen LogP contribution is -2.20. The van der Waals surface area contributed by atoms with E-state index in [9.17, 15) is 9.59 Å². The molecule has 0 N–H and O–H groups in total. The molecule has 0 saturated heterocycles. The van der Waals surface area contributed by atoms with Crippen LogP contribution in [0.3, 0.4) is 0 Å². The zero-order valence-corrected chi connectivity index (χ0v) is 17.8. The van der Waals surface area contributed by atoms with E-state index in [2.05, 4.69) is 12.2 Å². The van der Waals surface area contributed by atoms with Crippen LogP contribution in [-0.2, 0) is 9.59 Å². The van der Waals surface area contributed by atoms with E-state index in [1.807, 2.05) is 28.2 Å². The maximum absolute atomic E-state index is 11.4. The van der Waals surface area contributed by atoms with Crippen molar-refractivity contribution in [3.05, 3.63) is 12.2 Å². The third kappa shape index (κ3) is 16.2. The molecule has 0 aromatic carbocycles. The fourth-order valence-corrected chi connectivity index (χ4v) is 2.82. The molecular formula is C22H42N2O2. The molecule has 0 bridgehead atoms. The van der Waals surface area contributed by atoms with Gasteiger partial charge in [-0.25, -0.2) is 0 Å². The van der Waals surface area contributed by atoms with Gasteiger partial charge >= 0.3 is 0 Å². The summed E-state index contributed by atoms with van der Waals surface area (Å²) in [5, 5.41) is 0. The van der Waals surface area contributed by atoms with Crippen molar-refractivity contribution in [1.29, 1.82) is 0 Å². The number of allylic oxidation sites excluding steroid dienone is 2. The van der Waals surface area contributed by atoms with E-state index in [0.717, 1.165) is 12.8 Å². The van der Waals surface area contributed by atoms with Crippen molar-refractivity contribution in [2.75, 3.05) is 28.2 Å². The van der Waals surface area contributed by atoms with Crippen LogP contribution in [0, 0.1) is 0 Å². The monoisotopic (exact) mass is 366 g/mol. The fraction of sp³-hybridized carbons (Fsp3) is 0.818. The lowest BCUT2D eigenvalue weighted by molar-refractivity contribution is -0.129. The van der Waals surface area contributed by atoms with E-state index in [1.165, 1.54) is 64.2 Å². The first kappa shape index (κ1) is 24.7. The highest BCUT2D eigenvalue weighted by Crippen LogP contribution is 2.10. The second kappa shape index (κ2) is 17.1. The first-order chi connectivity index (χ1) is 12.4. The van der Waals surface area contributed by atoms with Crippen LogP contribution in [0.15, 0.2) is 12.2 Å². The number of hydrogen-bond donors (Lipinski definition) is 0. The summed E-state index contributed by atoms with van der Waals surface area (Å²) in [6, 6.07) is 0. The van der Waals surface area contributed by atoms with Crippen LogP contribution in [-0.4, -0.2) is 49.8 Å². The zero-order valence-electron chi connectivity index (χ0n) is 17.8. The standard InChI is InChI=1S/C22H42N2O2/c1-23(2)21(25)19-17-15-13-11-9-7-5-6-8-10-12-14-16-18-20-22(26)24(3)4/h5-6H,7-20H2,1-4H3. The fourth-order valence-electron chi connectivity index (χ4n) is 2.82. The number of rotatable bonds is 16. The van der Waals surface area contributed by atoms with Crippen molar-refractivity contribution in [2.24, 2.45) is 0 Å². The quantitative estimate of drug-likeness (QED) is 0.279. The van der Waals surface area contributed by atoms with E-state index >= 15 is 0 Å². The second-order valence-electron chi connectivity index (χ2n) is 7.66. The number of nitrogens with zero attached hydrogens (tertiary/aromatic N) is 2. The Morgan fingerprint density at radius 2 is 0.846 bits per heavy atom. The summed E-state index contributed by atoms with van der Waals surface area (Å²) in [5.41, 5.74) is 0. The summed E-state index contributed by atoms with van der Waals surface area (Å²) in [6.07, 6.45) is 20.3. The molecule has 4 heteroatoms. The largest absolute Gasteiger partial charge is 0.349 e. The molecule has 0 aliphatic heterocycles. The highest BCUT2D eigenvalue weighted by atomic mass is 16.2. The molecule has 0 atom stereocenters. The molecule has 0 aliphatic carbocycles. The topological polar surface area (TPSA) is 40.6 Å². The van der Waals surface area contributed by atoms with Gasteiger partial charge in [-0.3, -0.25) is 9.59 Å². The summed E-state index contributed by atoms with van der Waals surface area (Å²) < 4.78 is 0. The number of hydrogen-bond acceptors (Lipinski definition) is 2. The van der Waals surface area contributed by atoms with Crippen molar-refractivity contribution in [3.8, 4) is 0 Å². The molecule has 0 unspecified atom stereocenters. The van der Waals surface area contributed by atoms with Gasteiger partial charge in [0.15, 0.2) is 0 Å². The lowest BCUT2D eigenvalue weighted by Gasteiger charge is -2.09. The summed E-state index contributed by atoms with van der Waals surface area (Å²) in [4.78, 5) is 26.2. The van der Waals surface area contributed by atoms with Crippen LogP contribution >= 0.6 is 0 Å². The molecule has 152 valence electrons. The lowest BCUT2D eigenvalue weighted by atomic mass is 10.1. The molecule has 0 fully saturated rings. The molecule has 0 aromatic rings. The first-order valence-corrected chi connectivity index (χ1v) is 10.5. The molecule has 26 heavy (non-hydrogen) atoms. The Morgan fingerprint density at radius 1 is 0.538 bits per heavy atom. The number of unbranched alkanes of at least 4 members (excludes halogenated alkanes) is 10. The average molecular weight is 367 g/mol. The molecule has 0 spiro atoms. The third-order valence-electron chi connectivity index (χ3n) is 4.69. The van der Waals surface area contributed by atoms with Gasteiger partial charge in [-0.05, 0) is 38.5 Å². The summed E-state index contributed by atoms with van der Waals surface area (Å²) in [6.45, 7) is 0. The Morgan fingerprint density at radius 3 is 1.19 bits per heavy atom. The van der Waals surface area contributed by atoms with Crippen molar-refractivity contribution in [2.45, 2.75) is 89.9 Å². The van der Waals surface area contributed by atoms with E-state index in [0.29, 0.717) is 12.8 Å². The Bertz CT molecular complexity index is 354. The minimum Gasteiger partial charge on any atom is -0.349 e. The molecule has 0 saturated carbocycles. The van der Waals surface area contributed by atoms with Crippen molar-refractivity contribution in [1.82, 2.24) is 9.80 Å². The molecular weight excluding hydrogens is 324 g/mol. The van der Waals surface area contributed by atoms with Gasteiger partial charge in [0.2, 0.25) is 11.8 Å². The van der Waals surface area contributed by atoms with Crippen LogP contribution in [0.1, 0.15) is 89.9 Å². The molecule has 0 rings (SSSR count). The van der Waals surface area contributed by atoms with Gasteiger partial charge in [0.25, 0.3) is 0 Å². The van der Waals surface area contributed by atoms with Crippen LogP contribution in [0.5, 0.6) is 0 Å². The number of carbonyl (C=O) groups excluding carboxylic acids is 2. The van der Waals surface area contributed by atoms with Gasteiger partial charge in [0.05, 0.1) is 0 Å². The van der Waals surface area contributed by atoms with Gasteiger partial charge in [0, 0.05) is 41.0 Å². The maximum Gasteiger partial charge on any atom is 0.222 e. The normalized spacial score (nSPS) is 11.1. The Hall–Kier alpha value is -1.32. The minimum atomic E-state index is 0.245. The van der Waals surface area contributed by atoms with Crippen LogP contribution < -0.4 is 0 Å². The van der Waals surface area contributed by atoms with Gasteiger partial charge in [-0.1, -0.05) is 50.7 Å². The molecule has 2 amide bonds. The third-order valence-corrected chi connectivity index (χ3v) is 4.69. The van der Waals surface area contributed by atoms with Crippen LogP contribution in [0.25, 0.3) is 0 Å². The van der Waals surface area contributed by atoms with E-state index < -0.39 is 0 Å². The maximum atomic E-state index is 11.4. The van der Waals surface area contributed by atoms with Crippen molar-refractivity contribution in [3.63, 3.8) is 0 Å². The molecule has 0 radical (unpaired) electrons. The van der Waals surface area contributed by atoms with Crippen LogP contribution in [0.2, 0.25) is 0 Å². The predicted molar refractivity (Wildman–Crippen MR) is 111 cm³/mol. The van der Waals surface area contributed by atoms with E-state index in [1.54, 1.807) is 9.80 Å². The first-order valence-electron chi connectivity index (χ1n) is 10.5. The van der Waals surface area contributed by atoms with Crippen molar-refractivity contribution >= 4 is 11.8 Å². The second-order valence-corrected chi connectivity index (χ2v) is 7.66. The summed E-state index contributed by atoms with van der Waals surface area (Å²) in [7, 11) is 7.29. The van der Waals surface area contributed by atoms with Gasteiger partial charge < -0.3 is 9.80 Å². The predicted octanol–water partition coefficient (Wildman–Crippen LogP) is 5.18. The molecule has 0 aliphatic rings. The van der Waals surface area contributed by atoms with Crippen molar-refractivity contribution < 1.29 is 9.59 Å². The molecule has 0 aromatic heterocycles. The smallest absolute Gasteiger partial charge is 0.222 e.